The standard InChI is InChI=1S/C23H24FN3O3/c1-4-30-23(29)20-14-21(27(26-20)19-10-6-8-17(24)13-19)16-7-5-9-18(12-16)25-22(28)11-15(2)3/h5-10,12-15H,4,11H2,1-3H3,(H,25,28). The smallest absolute Gasteiger partial charge is 0.358 e. The summed E-state index contributed by atoms with van der Waals surface area (Å²) in [7, 11) is 0. The van der Waals surface area contributed by atoms with E-state index in [-0.39, 0.29) is 24.1 Å². The molecule has 0 unspecified atom stereocenters. The zero-order valence-corrected chi connectivity index (χ0v) is 17.2. The minimum Gasteiger partial charge on any atom is -0.461 e. The van der Waals surface area contributed by atoms with Gasteiger partial charge in [0.15, 0.2) is 5.69 Å². The van der Waals surface area contributed by atoms with Crippen molar-refractivity contribution in [2.45, 2.75) is 27.2 Å². The highest BCUT2D eigenvalue weighted by molar-refractivity contribution is 5.92. The first-order valence-electron chi connectivity index (χ1n) is 9.80. The van der Waals surface area contributed by atoms with Crippen molar-refractivity contribution in [3.63, 3.8) is 0 Å². The summed E-state index contributed by atoms with van der Waals surface area (Å²) in [6, 6.07) is 14.7. The van der Waals surface area contributed by atoms with Gasteiger partial charge in [-0.2, -0.15) is 5.10 Å². The normalized spacial score (nSPS) is 10.8. The first kappa shape index (κ1) is 21.2. The van der Waals surface area contributed by atoms with Crippen LogP contribution in [0.1, 0.15) is 37.7 Å². The summed E-state index contributed by atoms with van der Waals surface area (Å²) in [5, 5.41) is 7.22. The van der Waals surface area contributed by atoms with E-state index in [2.05, 4.69) is 10.4 Å². The van der Waals surface area contributed by atoms with Crippen LogP contribution in [0.3, 0.4) is 0 Å². The lowest BCUT2D eigenvalue weighted by Gasteiger charge is -2.11. The van der Waals surface area contributed by atoms with Crippen LogP contribution in [0.25, 0.3) is 16.9 Å². The molecule has 156 valence electrons. The van der Waals surface area contributed by atoms with Crippen molar-refractivity contribution in [1.82, 2.24) is 9.78 Å². The number of halogens is 1. The van der Waals surface area contributed by atoms with Crippen LogP contribution in [0, 0.1) is 11.7 Å². The molecule has 2 aromatic carbocycles. The summed E-state index contributed by atoms with van der Waals surface area (Å²) in [6.45, 7) is 5.89. The molecule has 0 saturated carbocycles. The molecule has 1 heterocycles. The van der Waals surface area contributed by atoms with Crippen LogP contribution in [0.4, 0.5) is 10.1 Å². The number of esters is 1. The third kappa shape index (κ3) is 5.11. The summed E-state index contributed by atoms with van der Waals surface area (Å²) < 4.78 is 20.4. The first-order chi connectivity index (χ1) is 14.4. The van der Waals surface area contributed by atoms with Gasteiger partial charge in [-0.15, -0.1) is 0 Å². The topological polar surface area (TPSA) is 73.2 Å². The molecular formula is C23H24FN3O3. The van der Waals surface area contributed by atoms with Crippen molar-refractivity contribution in [3.05, 3.63) is 66.1 Å². The maximum absolute atomic E-state index is 13.8. The van der Waals surface area contributed by atoms with Crippen LogP contribution in [0.2, 0.25) is 0 Å². The molecule has 3 rings (SSSR count). The SMILES string of the molecule is CCOC(=O)c1cc(-c2cccc(NC(=O)CC(C)C)c2)n(-c2cccc(F)c2)n1. The molecule has 6 nitrogen and oxygen atoms in total. The van der Waals surface area contributed by atoms with Crippen LogP contribution >= 0.6 is 0 Å². The molecule has 0 aliphatic carbocycles. The van der Waals surface area contributed by atoms with Gasteiger partial charge in [0.1, 0.15) is 5.82 Å². The van der Waals surface area contributed by atoms with Gasteiger partial charge in [-0.25, -0.2) is 13.9 Å². The number of nitrogens with zero attached hydrogens (tertiary/aromatic N) is 2. The Labute approximate surface area is 174 Å². The molecule has 7 heteroatoms. The lowest BCUT2D eigenvalue weighted by molar-refractivity contribution is -0.116. The maximum atomic E-state index is 13.8. The summed E-state index contributed by atoms with van der Waals surface area (Å²) in [5.41, 5.74) is 2.50. The Balaban J connectivity index is 2.03. The van der Waals surface area contributed by atoms with E-state index in [4.69, 9.17) is 4.74 Å². The van der Waals surface area contributed by atoms with Gasteiger partial charge in [0, 0.05) is 17.7 Å². The number of nitrogens with one attached hydrogen (secondary N) is 1. The minimum absolute atomic E-state index is 0.0759. The summed E-state index contributed by atoms with van der Waals surface area (Å²) in [5.74, 6) is -0.806. The van der Waals surface area contributed by atoms with Crippen molar-refractivity contribution in [1.29, 1.82) is 0 Å². The number of hydrogen-bond acceptors (Lipinski definition) is 4. The van der Waals surface area contributed by atoms with Gasteiger partial charge in [0.2, 0.25) is 5.91 Å². The van der Waals surface area contributed by atoms with Crippen LogP contribution in [-0.4, -0.2) is 28.3 Å². The molecule has 0 atom stereocenters. The van der Waals surface area contributed by atoms with Crippen molar-refractivity contribution in [2.24, 2.45) is 5.92 Å². The molecule has 0 spiro atoms. The van der Waals surface area contributed by atoms with Gasteiger partial charge in [-0.3, -0.25) is 4.79 Å². The Morgan fingerprint density at radius 2 is 1.90 bits per heavy atom. The highest BCUT2D eigenvalue weighted by atomic mass is 19.1. The minimum atomic E-state index is -0.560. The molecule has 30 heavy (non-hydrogen) atoms. The average molecular weight is 409 g/mol. The number of rotatable bonds is 7. The molecule has 3 aromatic rings. The number of amides is 1. The summed E-state index contributed by atoms with van der Waals surface area (Å²) in [4.78, 5) is 24.4. The van der Waals surface area contributed by atoms with E-state index in [1.54, 1.807) is 43.3 Å². The Bertz CT molecular complexity index is 1060. The van der Waals surface area contributed by atoms with Crippen molar-refractivity contribution in [3.8, 4) is 16.9 Å². The number of aromatic nitrogens is 2. The third-order valence-corrected chi connectivity index (χ3v) is 4.28. The number of carbonyl (C=O) groups excluding carboxylic acids is 2. The van der Waals surface area contributed by atoms with E-state index in [1.807, 2.05) is 19.9 Å². The Morgan fingerprint density at radius 1 is 1.13 bits per heavy atom. The largest absolute Gasteiger partial charge is 0.461 e. The number of anilines is 1. The molecule has 0 radical (unpaired) electrons. The molecule has 1 amide bonds. The monoisotopic (exact) mass is 409 g/mol. The lowest BCUT2D eigenvalue weighted by Crippen LogP contribution is -2.13. The van der Waals surface area contributed by atoms with E-state index in [0.717, 1.165) is 0 Å². The van der Waals surface area contributed by atoms with Gasteiger partial charge in [0.25, 0.3) is 0 Å². The predicted octanol–water partition coefficient (Wildman–Crippen LogP) is 4.84. The number of hydrogen-bond donors (Lipinski definition) is 1. The van der Waals surface area contributed by atoms with Gasteiger partial charge in [-0.05, 0) is 49.2 Å². The first-order valence-corrected chi connectivity index (χ1v) is 9.80. The molecular weight excluding hydrogens is 385 g/mol. The van der Waals surface area contributed by atoms with E-state index < -0.39 is 11.8 Å². The lowest BCUT2D eigenvalue weighted by atomic mass is 10.1. The van der Waals surface area contributed by atoms with Crippen LogP contribution in [0.5, 0.6) is 0 Å². The maximum Gasteiger partial charge on any atom is 0.358 e. The Kier molecular flexibility index (Phi) is 6.61. The predicted molar refractivity (Wildman–Crippen MR) is 113 cm³/mol. The zero-order valence-electron chi connectivity index (χ0n) is 17.2. The zero-order chi connectivity index (χ0) is 21.7. The fourth-order valence-corrected chi connectivity index (χ4v) is 3.04. The van der Waals surface area contributed by atoms with Crippen molar-refractivity contribution < 1.29 is 18.7 Å². The van der Waals surface area contributed by atoms with Crippen LogP contribution in [-0.2, 0) is 9.53 Å². The molecule has 0 bridgehead atoms. The average Bonchev–Trinajstić information content (AvgIpc) is 3.13. The van der Waals surface area contributed by atoms with Gasteiger partial charge < -0.3 is 10.1 Å². The van der Waals surface area contributed by atoms with Gasteiger partial charge in [-0.1, -0.05) is 32.0 Å². The van der Waals surface area contributed by atoms with Gasteiger partial charge in [0.05, 0.1) is 18.0 Å². The second kappa shape index (κ2) is 9.35. The number of carbonyl (C=O) groups is 2. The number of benzene rings is 2. The summed E-state index contributed by atoms with van der Waals surface area (Å²) >= 11 is 0. The molecule has 1 N–H and O–H groups in total. The van der Waals surface area contributed by atoms with Crippen LogP contribution in [0.15, 0.2) is 54.6 Å². The molecule has 0 aliphatic heterocycles. The molecule has 0 aliphatic rings. The second-order valence-corrected chi connectivity index (χ2v) is 7.25. The molecule has 1 aromatic heterocycles. The highest BCUT2D eigenvalue weighted by Gasteiger charge is 2.18. The van der Waals surface area contributed by atoms with E-state index >= 15 is 0 Å². The second-order valence-electron chi connectivity index (χ2n) is 7.25. The fourth-order valence-electron chi connectivity index (χ4n) is 3.04. The van der Waals surface area contributed by atoms with E-state index in [9.17, 15) is 14.0 Å². The Hall–Kier alpha value is -3.48. The van der Waals surface area contributed by atoms with Crippen molar-refractivity contribution >= 4 is 17.6 Å². The van der Waals surface area contributed by atoms with E-state index in [1.165, 1.54) is 16.8 Å². The van der Waals surface area contributed by atoms with Crippen LogP contribution < -0.4 is 5.32 Å². The fraction of sp³-hybridized carbons (Fsp3) is 0.261. The molecule has 0 fully saturated rings. The van der Waals surface area contributed by atoms with Gasteiger partial charge >= 0.3 is 5.97 Å². The molecule has 0 saturated heterocycles. The quantitative estimate of drug-likeness (QED) is 0.567. The van der Waals surface area contributed by atoms with Crippen molar-refractivity contribution in [2.75, 3.05) is 11.9 Å². The summed E-state index contributed by atoms with van der Waals surface area (Å²) in [6.07, 6.45) is 0.415. The third-order valence-electron chi connectivity index (χ3n) is 4.28. The Morgan fingerprint density at radius 3 is 2.60 bits per heavy atom. The van der Waals surface area contributed by atoms with E-state index in [0.29, 0.717) is 29.1 Å². The number of ether oxygens (including phenoxy) is 1. The highest BCUT2D eigenvalue weighted by Crippen LogP contribution is 2.27.